The topological polar surface area (TPSA) is 17.1 Å². The molecule has 1 aromatic carbocycles. The van der Waals surface area contributed by atoms with E-state index >= 15 is 0 Å². The molecule has 1 aliphatic carbocycles. The zero-order chi connectivity index (χ0) is 11.2. The molecule has 0 saturated carbocycles. The number of hydrogen-bond donors (Lipinski definition) is 0. The van der Waals surface area contributed by atoms with Crippen molar-refractivity contribution in [2.75, 3.05) is 0 Å². The minimum atomic E-state index is -0.330. The van der Waals surface area contributed by atoms with Gasteiger partial charge in [0.2, 0.25) is 0 Å². The monoisotopic (exact) mass is 222 g/mol. The molecule has 2 heteroatoms. The van der Waals surface area contributed by atoms with Gasteiger partial charge in [-0.3, -0.25) is 4.79 Å². The first-order valence-corrected chi connectivity index (χ1v) is 5.60. The van der Waals surface area contributed by atoms with Crippen LogP contribution >= 0.6 is 11.6 Å². The average Bonchev–Trinajstić information content (AvgIpc) is 2.41. The second kappa shape index (κ2) is 3.34. The Balaban J connectivity index is 2.60. The van der Waals surface area contributed by atoms with Crippen molar-refractivity contribution in [2.24, 2.45) is 5.41 Å². The lowest BCUT2D eigenvalue weighted by atomic mass is 9.90. The molecule has 80 valence electrons. The van der Waals surface area contributed by atoms with E-state index in [1.807, 2.05) is 12.1 Å². The highest BCUT2D eigenvalue weighted by molar-refractivity contribution is 6.68. The average molecular weight is 223 g/mol. The smallest absolute Gasteiger partial charge is 0.252 e. The number of hydrogen-bond acceptors (Lipinski definition) is 1. The molecule has 1 aliphatic rings. The Bertz CT molecular complexity index is 432. The summed E-state index contributed by atoms with van der Waals surface area (Å²) in [4.78, 5) is 11.3. The Morgan fingerprint density at radius 3 is 2.47 bits per heavy atom. The molecular weight excluding hydrogens is 208 g/mol. The summed E-state index contributed by atoms with van der Waals surface area (Å²) in [5.41, 5.74) is 4.72. The van der Waals surface area contributed by atoms with Gasteiger partial charge in [0.25, 0.3) is 5.24 Å². The molecule has 0 radical (unpaired) electrons. The summed E-state index contributed by atoms with van der Waals surface area (Å²) in [5.74, 6) is 0. The lowest BCUT2D eigenvalue weighted by Crippen LogP contribution is -2.10. The van der Waals surface area contributed by atoms with Crippen LogP contribution in [0.1, 0.15) is 40.9 Å². The zero-order valence-electron chi connectivity index (χ0n) is 9.36. The minimum Gasteiger partial charge on any atom is -0.276 e. The maximum absolute atomic E-state index is 11.3. The molecule has 0 unspecified atom stereocenters. The number of benzene rings is 1. The summed E-state index contributed by atoms with van der Waals surface area (Å²) in [6.45, 7) is 6.56. The van der Waals surface area contributed by atoms with Gasteiger partial charge in [0, 0.05) is 5.56 Å². The number of halogens is 1. The van der Waals surface area contributed by atoms with Crippen molar-refractivity contribution in [1.82, 2.24) is 0 Å². The van der Waals surface area contributed by atoms with Crippen molar-refractivity contribution < 1.29 is 4.79 Å². The van der Waals surface area contributed by atoms with E-state index in [1.165, 1.54) is 16.7 Å². The Morgan fingerprint density at radius 2 is 1.87 bits per heavy atom. The van der Waals surface area contributed by atoms with Gasteiger partial charge >= 0.3 is 0 Å². The summed E-state index contributed by atoms with van der Waals surface area (Å²) < 4.78 is 0. The molecular formula is C13H15ClO. The zero-order valence-corrected chi connectivity index (χ0v) is 10.1. The standard InChI is InChI=1S/C13H15ClO/c1-8-4-5-9(12(14)15)11-7-13(2,3)6-10(8)11/h4-5H,6-7H2,1-3H3. The number of fused-ring (bicyclic) bond motifs is 1. The van der Waals surface area contributed by atoms with Crippen molar-refractivity contribution in [2.45, 2.75) is 33.6 Å². The largest absolute Gasteiger partial charge is 0.276 e. The van der Waals surface area contributed by atoms with Gasteiger partial charge in [0.15, 0.2) is 0 Å². The summed E-state index contributed by atoms with van der Waals surface area (Å²) in [6, 6.07) is 3.85. The van der Waals surface area contributed by atoms with Crippen molar-refractivity contribution in [1.29, 1.82) is 0 Å². The van der Waals surface area contributed by atoms with Crippen LogP contribution in [0.3, 0.4) is 0 Å². The molecule has 0 fully saturated rings. The van der Waals surface area contributed by atoms with Gasteiger partial charge in [-0.05, 0) is 59.5 Å². The van der Waals surface area contributed by atoms with Crippen LogP contribution in [0.15, 0.2) is 12.1 Å². The third-order valence-corrected chi connectivity index (χ3v) is 3.39. The summed E-state index contributed by atoms with van der Waals surface area (Å²) >= 11 is 5.59. The first-order valence-electron chi connectivity index (χ1n) is 5.22. The Labute approximate surface area is 95.4 Å². The van der Waals surface area contributed by atoms with Crippen molar-refractivity contribution >= 4 is 16.8 Å². The van der Waals surface area contributed by atoms with E-state index in [0.717, 1.165) is 12.8 Å². The molecule has 0 amide bonds. The van der Waals surface area contributed by atoms with Gasteiger partial charge in [-0.15, -0.1) is 0 Å². The third-order valence-electron chi connectivity index (χ3n) is 3.19. The van der Waals surface area contributed by atoms with Crippen LogP contribution in [-0.2, 0) is 12.8 Å². The van der Waals surface area contributed by atoms with Crippen LogP contribution in [0.25, 0.3) is 0 Å². The van der Waals surface area contributed by atoms with Gasteiger partial charge in [0.05, 0.1) is 0 Å². The van der Waals surface area contributed by atoms with Crippen molar-refractivity contribution in [3.63, 3.8) is 0 Å². The highest BCUT2D eigenvalue weighted by Gasteiger charge is 2.32. The maximum Gasteiger partial charge on any atom is 0.252 e. The van der Waals surface area contributed by atoms with Gasteiger partial charge in [0.1, 0.15) is 0 Å². The number of rotatable bonds is 1. The summed E-state index contributed by atoms with van der Waals surface area (Å²) in [5, 5.41) is -0.330. The van der Waals surface area contributed by atoms with Crippen LogP contribution in [0.4, 0.5) is 0 Å². The van der Waals surface area contributed by atoms with E-state index in [0.29, 0.717) is 5.56 Å². The number of carbonyl (C=O) groups is 1. The Hall–Kier alpha value is -0.820. The van der Waals surface area contributed by atoms with Crippen LogP contribution in [0.5, 0.6) is 0 Å². The lowest BCUT2D eigenvalue weighted by molar-refractivity contribution is 0.108. The molecule has 0 aliphatic heterocycles. The van der Waals surface area contributed by atoms with E-state index in [9.17, 15) is 4.79 Å². The fourth-order valence-corrected chi connectivity index (χ4v) is 2.64. The van der Waals surface area contributed by atoms with Gasteiger partial charge in [-0.2, -0.15) is 0 Å². The lowest BCUT2D eigenvalue weighted by Gasteiger charge is -2.15. The fourth-order valence-electron chi connectivity index (χ4n) is 2.46. The van der Waals surface area contributed by atoms with Crippen molar-refractivity contribution in [3.8, 4) is 0 Å². The van der Waals surface area contributed by atoms with E-state index in [-0.39, 0.29) is 10.7 Å². The number of aryl methyl sites for hydroxylation is 1. The quantitative estimate of drug-likeness (QED) is 0.665. The number of carbonyl (C=O) groups excluding carboxylic acids is 1. The van der Waals surface area contributed by atoms with E-state index in [4.69, 9.17) is 11.6 Å². The first-order chi connectivity index (χ1) is 6.91. The maximum atomic E-state index is 11.3. The molecule has 0 heterocycles. The molecule has 0 atom stereocenters. The fraction of sp³-hybridized carbons (Fsp3) is 0.462. The van der Waals surface area contributed by atoms with Crippen LogP contribution in [0, 0.1) is 12.3 Å². The molecule has 0 spiro atoms. The highest BCUT2D eigenvalue weighted by atomic mass is 35.5. The molecule has 0 bridgehead atoms. The van der Waals surface area contributed by atoms with Gasteiger partial charge in [-0.1, -0.05) is 19.9 Å². The predicted octanol–water partition coefficient (Wildman–Crippen LogP) is 3.50. The molecule has 1 nitrogen and oxygen atoms in total. The Morgan fingerprint density at radius 1 is 1.27 bits per heavy atom. The van der Waals surface area contributed by atoms with Crippen LogP contribution in [-0.4, -0.2) is 5.24 Å². The SMILES string of the molecule is Cc1ccc(C(=O)Cl)c2c1CC(C)(C)C2. The molecule has 0 N–H and O–H groups in total. The van der Waals surface area contributed by atoms with Gasteiger partial charge in [-0.25, -0.2) is 0 Å². The van der Waals surface area contributed by atoms with E-state index in [1.54, 1.807) is 0 Å². The van der Waals surface area contributed by atoms with Crippen molar-refractivity contribution in [3.05, 3.63) is 34.4 Å². The molecule has 0 saturated heterocycles. The molecule has 0 aromatic heterocycles. The van der Waals surface area contributed by atoms with Crippen LogP contribution < -0.4 is 0 Å². The van der Waals surface area contributed by atoms with Gasteiger partial charge < -0.3 is 0 Å². The van der Waals surface area contributed by atoms with E-state index in [2.05, 4.69) is 20.8 Å². The second-order valence-corrected chi connectivity index (χ2v) is 5.52. The molecule has 15 heavy (non-hydrogen) atoms. The predicted molar refractivity (Wildman–Crippen MR) is 62.6 cm³/mol. The third kappa shape index (κ3) is 1.81. The summed E-state index contributed by atoms with van der Waals surface area (Å²) in [6.07, 6.45) is 2.00. The molecule has 1 aromatic rings. The van der Waals surface area contributed by atoms with Crippen LogP contribution in [0.2, 0.25) is 0 Å². The second-order valence-electron chi connectivity index (χ2n) is 5.18. The Kier molecular flexibility index (Phi) is 2.38. The minimum absolute atomic E-state index is 0.259. The first kappa shape index (κ1) is 10.7. The molecule has 2 rings (SSSR count). The highest BCUT2D eigenvalue weighted by Crippen LogP contribution is 2.39. The van der Waals surface area contributed by atoms with E-state index < -0.39 is 0 Å². The summed E-state index contributed by atoms with van der Waals surface area (Å²) in [7, 11) is 0. The normalized spacial score (nSPS) is 17.6.